The highest BCUT2D eigenvalue weighted by molar-refractivity contribution is 7.12. The Morgan fingerprint density at radius 2 is 2.05 bits per heavy atom. The fourth-order valence-electron chi connectivity index (χ4n) is 2.81. The Balaban J connectivity index is 1.86. The van der Waals surface area contributed by atoms with E-state index in [4.69, 9.17) is 0 Å². The van der Waals surface area contributed by atoms with E-state index in [1.165, 1.54) is 47.9 Å². The van der Waals surface area contributed by atoms with Gasteiger partial charge in [-0.3, -0.25) is 4.90 Å². The van der Waals surface area contributed by atoms with Crippen molar-refractivity contribution < 1.29 is 0 Å². The summed E-state index contributed by atoms with van der Waals surface area (Å²) in [5.41, 5.74) is 1.53. The summed E-state index contributed by atoms with van der Waals surface area (Å²) in [6.45, 7) is 14.9. The summed E-state index contributed by atoms with van der Waals surface area (Å²) in [5.74, 6) is 0.722. The second-order valence-corrected chi connectivity index (χ2v) is 8.09. The molecule has 1 fully saturated rings. The van der Waals surface area contributed by atoms with Crippen LogP contribution in [-0.2, 0) is 13.1 Å². The molecule has 0 aromatic carbocycles. The molecule has 2 heterocycles. The van der Waals surface area contributed by atoms with Crippen molar-refractivity contribution in [1.29, 1.82) is 0 Å². The molecule has 3 nitrogen and oxygen atoms in total. The largest absolute Gasteiger partial charge is 0.312 e. The number of nitrogens with one attached hydrogen (secondary N) is 1. The molecule has 0 radical (unpaired) electrons. The first-order valence-electron chi connectivity index (χ1n) is 8.24. The Labute approximate surface area is 134 Å². The Morgan fingerprint density at radius 3 is 2.81 bits per heavy atom. The quantitative estimate of drug-likeness (QED) is 0.871. The Morgan fingerprint density at radius 1 is 1.24 bits per heavy atom. The highest BCUT2D eigenvalue weighted by atomic mass is 32.1. The van der Waals surface area contributed by atoms with Gasteiger partial charge in [-0.05, 0) is 57.6 Å². The molecule has 1 aliphatic rings. The van der Waals surface area contributed by atoms with E-state index in [1.807, 2.05) is 11.3 Å². The molecule has 120 valence electrons. The van der Waals surface area contributed by atoms with Crippen LogP contribution in [0.1, 0.15) is 35.6 Å². The monoisotopic (exact) mass is 309 g/mol. The molecule has 21 heavy (non-hydrogen) atoms. The fourth-order valence-corrected chi connectivity index (χ4v) is 3.84. The first-order chi connectivity index (χ1) is 10.0. The summed E-state index contributed by atoms with van der Waals surface area (Å²) < 4.78 is 0. The van der Waals surface area contributed by atoms with Crippen LogP contribution < -0.4 is 5.32 Å². The third-order valence-corrected chi connectivity index (χ3v) is 5.22. The molecule has 1 N–H and O–H groups in total. The maximum atomic E-state index is 3.55. The lowest BCUT2D eigenvalue weighted by Gasteiger charge is -2.19. The number of hydrogen-bond donors (Lipinski definition) is 1. The summed E-state index contributed by atoms with van der Waals surface area (Å²) >= 11 is 1.96. The summed E-state index contributed by atoms with van der Waals surface area (Å²) in [4.78, 5) is 8.04. The zero-order chi connectivity index (χ0) is 15.2. The van der Waals surface area contributed by atoms with Crippen molar-refractivity contribution in [3.05, 3.63) is 21.4 Å². The van der Waals surface area contributed by atoms with E-state index in [2.05, 4.69) is 49.0 Å². The highest BCUT2D eigenvalue weighted by Crippen LogP contribution is 2.23. The van der Waals surface area contributed by atoms with Crippen LogP contribution in [0, 0.1) is 12.8 Å². The van der Waals surface area contributed by atoms with Crippen LogP contribution >= 0.6 is 11.3 Å². The molecule has 0 saturated carbocycles. The molecular formula is C17H31N3S. The highest BCUT2D eigenvalue weighted by Gasteiger charge is 2.14. The topological polar surface area (TPSA) is 18.5 Å². The predicted molar refractivity (Wildman–Crippen MR) is 93.0 cm³/mol. The second kappa shape index (κ2) is 8.28. The zero-order valence-electron chi connectivity index (χ0n) is 14.1. The second-order valence-electron chi connectivity index (χ2n) is 6.75. The van der Waals surface area contributed by atoms with Crippen LogP contribution in [-0.4, -0.2) is 49.6 Å². The molecule has 1 aromatic rings. The summed E-state index contributed by atoms with van der Waals surface area (Å²) in [7, 11) is 2.23. The smallest absolute Gasteiger partial charge is 0.0300 e. The minimum atomic E-state index is 0.722. The van der Waals surface area contributed by atoms with E-state index >= 15 is 0 Å². The van der Waals surface area contributed by atoms with Gasteiger partial charge in [-0.1, -0.05) is 13.8 Å². The van der Waals surface area contributed by atoms with E-state index < -0.39 is 0 Å². The van der Waals surface area contributed by atoms with Crippen LogP contribution in [0.5, 0.6) is 0 Å². The third-order valence-electron chi connectivity index (χ3n) is 4.13. The molecule has 0 bridgehead atoms. The normalized spacial score (nSPS) is 18.3. The summed E-state index contributed by atoms with van der Waals surface area (Å²) in [5, 5.41) is 3.55. The average molecular weight is 310 g/mol. The zero-order valence-corrected chi connectivity index (χ0v) is 14.9. The van der Waals surface area contributed by atoms with Crippen LogP contribution in [0.4, 0.5) is 0 Å². The maximum Gasteiger partial charge on any atom is 0.0300 e. The van der Waals surface area contributed by atoms with Crippen molar-refractivity contribution in [2.45, 2.75) is 40.3 Å². The van der Waals surface area contributed by atoms with Crippen LogP contribution in [0.25, 0.3) is 0 Å². The number of rotatable bonds is 6. The molecule has 1 aliphatic heterocycles. The fraction of sp³-hybridized carbons (Fsp3) is 0.765. The van der Waals surface area contributed by atoms with Gasteiger partial charge in [0.2, 0.25) is 0 Å². The molecule has 1 saturated heterocycles. The van der Waals surface area contributed by atoms with Gasteiger partial charge >= 0.3 is 0 Å². The van der Waals surface area contributed by atoms with Crippen molar-refractivity contribution in [1.82, 2.24) is 15.1 Å². The van der Waals surface area contributed by atoms with E-state index in [1.54, 1.807) is 0 Å². The molecule has 0 unspecified atom stereocenters. The number of nitrogens with zero attached hydrogens (tertiary/aromatic N) is 2. The van der Waals surface area contributed by atoms with Gasteiger partial charge in [0.15, 0.2) is 0 Å². The van der Waals surface area contributed by atoms with Crippen LogP contribution in [0.3, 0.4) is 0 Å². The van der Waals surface area contributed by atoms with Gasteiger partial charge in [0.1, 0.15) is 0 Å². The molecule has 0 aliphatic carbocycles. The minimum Gasteiger partial charge on any atom is -0.312 e. The van der Waals surface area contributed by atoms with Gasteiger partial charge in [-0.2, -0.15) is 0 Å². The van der Waals surface area contributed by atoms with Crippen LogP contribution in [0.2, 0.25) is 0 Å². The first kappa shape index (κ1) is 16.9. The lowest BCUT2D eigenvalue weighted by molar-refractivity contribution is 0.269. The molecule has 4 heteroatoms. The van der Waals surface area contributed by atoms with Gasteiger partial charge < -0.3 is 10.2 Å². The standard InChI is InChI=1S/C17H31N3S/c1-14(2)11-18-12-17-10-16(15(3)21-17)13-20-7-5-6-19(4)8-9-20/h10,14,18H,5-9,11-13H2,1-4H3. The third kappa shape index (κ3) is 5.70. The van der Waals surface area contributed by atoms with Crippen LogP contribution in [0.15, 0.2) is 6.07 Å². The number of thiophene rings is 1. The molecule has 0 atom stereocenters. The van der Waals surface area contributed by atoms with Gasteiger partial charge in [-0.15, -0.1) is 11.3 Å². The van der Waals surface area contributed by atoms with Gasteiger partial charge in [0, 0.05) is 35.9 Å². The molecule has 0 spiro atoms. The van der Waals surface area contributed by atoms with Gasteiger partial charge in [0.25, 0.3) is 0 Å². The summed E-state index contributed by atoms with van der Waals surface area (Å²) in [6.07, 6.45) is 1.29. The van der Waals surface area contributed by atoms with Crippen molar-refractivity contribution in [2.24, 2.45) is 5.92 Å². The first-order valence-corrected chi connectivity index (χ1v) is 9.06. The number of hydrogen-bond acceptors (Lipinski definition) is 4. The van der Waals surface area contributed by atoms with Crippen molar-refractivity contribution in [3.8, 4) is 0 Å². The molecule has 2 rings (SSSR count). The number of aryl methyl sites for hydroxylation is 1. The Bertz CT molecular complexity index is 428. The van der Waals surface area contributed by atoms with E-state index in [0.29, 0.717) is 0 Å². The Hall–Kier alpha value is -0.420. The number of likely N-dealkylation sites (N-methyl/N-ethyl adjacent to an activating group) is 1. The Kier molecular flexibility index (Phi) is 6.68. The van der Waals surface area contributed by atoms with E-state index in [-0.39, 0.29) is 0 Å². The SMILES string of the molecule is Cc1sc(CNCC(C)C)cc1CN1CCCN(C)CC1. The minimum absolute atomic E-state index is 0.722. The van der Waals surface area contributed by atoms with Crippen molar-refractivity contribution in [3.63, 3.8) is 0 Å². The summed E-state index contributed by atoms with van der Waals surface area (Å²) in [6, 6.07) is 2.42. The lowest BCUT2D eigenvalue weighted by atomic mass is 10.2. The van der Waals surface area contributed by atoms with E-state index in [0.717, 1.165) is 25.6 Å². The van der Waals surface area contributed by atoms with Gasteiger partial charge in [0.05, 0.1) is 0 Å². The predicted octanol–water partition coefficient (Wildman–Crippen LogP) is 2.94. The van der Waals surface area contributed by atoms with Crippen molar-refractivity contribution >= 4 is 11.3 Å². The molecule has 1 aromatic heterocycles. The molecule has 0 amide bonds. The van der Waals surface area contributed by atoms with E-state index in [9.17, 15) is 0 Å². The molecular weight excluding hydrogens is 278 g/mol. The average Bonchev–Trinajstić information content (AvgIpc) is 2.62. The maximum absolute atomic E-state index is 3.55. The van der Waals surface area contributed by atoms with Crippen molar-refractivity contribution in [2.75, 3.05) is 39.8 Å². The lowest BCUT2D eigenvalue weighted by Crippen LogP contribution is -2.28. The van der Waals surface area contributed by atoms with Gasteiger partial charge in [-0.25, -0.2) is 0 Å².